The highest BCUT2D eigenvalue weighted by Crippen LogP contribution is 2.42. The van der Waals surface area contributed by atoms with Crippen molar-refractivity contribution < 1.29 is 4.74 Å². The van der Waals surface area contributed by atoms with E-state index in [4.69, 9.17) is 9.72 Å². The van der Waals surface area contributed by atoms with Gasteiger partial charge in [-0.1, -0.05) is 24.3 Å². The van der Waals surface area contributed by atoms with Crippen molar-refractivity contribution in [1.29, 1.82) is 0 Å². The van der Waals surface area contributed by atoms with Crippen molar-refractivity contribution in [2.75, 3.05) is 27.2 Å². The molecule has 2 aromatic rings. The Hall–Kier alpha value is -2.39. The largest absolute Gasteiger partial charge is 0.496 e. The van der Waals surface area contributed by atoms with E-state index in [0.29, 0.717) is 0 Å². The Labute approximate surface area is 162 Å². The predicted octanol–water partition coefficient (Wildman–Crippen LogP) is 4.67. The second kappa shape index (κ2) is 7.32. The van der Waals surface area contributed by atoms with Gasteiger partial charge in [0.2, 0.25) is 0 Å². The number of nitrogens with zero attached hydrogens (tertiary/aromatic N) is 2. The summed E-state index contributed by atoms with van der Waals surface area (Å²) in [5.41, 5.74) is 10.3. The fourth-order valence-electron chi connectivity index (χ4n) is 4.39. The van der Waals surface area contributed by atoms with E-state index in [1.165, 1.54) is 33.4 Å². The summed E-state index contributed by atoms with van der Waals surface area (Å²) < 4.78 is 5.86. The molecule has 0 bridgehead atoms. The van der Waals surface area contributed by atoms with Crippen LogP contribution in [-0.4, -0.2) is 37.1 Å². The zero-order valence-electron chi connectivity index (χ0n) is 16.6. The Morgan fingerprint density at radius 1 is 1.07 bits per heavy atom. The third kappa shape index (κ3) is 3.32. The van der Waals surface area contributed by atoms with Gasteiger partial charge in [0.05, 0.1) is 12.8 Å². The van der Waals surface area contributed by atoms with Gasteiger partial charge in [-0.2, -0.15) is 0 Å². The molecule has 0 N–H and O–H groups in total. The van der Waals surface area contributed by atoms with E-state index in [0.717, 1.165) is 55.8 Å². The minimum absolute atomic E-state index is 0.980. The van der Waals surface area contributed by atoms with E-state index in [1.54, 1.807) is 7.11 Å². The maximum absolute atomic E-state index is 5.86. The minimum atomic E-state index is 0.980. The van der Waals surface area contributed by atoms with E-state index in [-0.39, 0.29) is 0 Å². The number of methoxy groups -OCH3 is 1. The highest BCUT2D eigenvalue weighted by atomic mass is 16.5. The molecule has 140 valence electrons. The monoisotopic (exact) mass is 360 g/mol. The van der Waals surface area contributed by atoms with Gasteiger partial charge in [-0.15, -0.1) is 0 Å². The number of pyridine rings is 1. The van der Waals surface area contributed by atoms with Crippen LogP contribution in [0.3, 0.4) is 0 Å². The Morgan fingerprint density at radius 3 is 2.52 bits per heavy atom. The molecule has 0 amide bonds. The fraction of sp³-hybridized carbons (Fsp3) is 0.375. The molecule has 1 saturated heterocycles. The lowest BCUT2D eigenvalue weighted by Gasteiger charge is -2.27. The highest BCUT2D eigenvalue weighted by molar-refractivity contribution is 5.87. The van der Waals surface area contributed by atoms with Gasteiger partial charge in [-0.3, -0.25) is 4.98 Å². The number of aryl methyl sites for hydroxylation is 3. The second-order valence-electron chi connectivity index (χ2n) is 7.76. The zero-order chi connectivity index (χ0) is 19.0. The van der Waals surface area contributed by atoms with E-state index in [1.807, 2.05) is 12.3 Å². The molecule has 1 aromatic carbocycles. The van der Waals surface area contributed by atoms with Crippen molar-refractivity contribution in [3.8, 4) is 5.75 Å². The van der Waals surface area contributed by atoms with Crippen molar-refractivity contribution in [2.45, 2.75) is 32.6 Å². The molecule has 2 heterocycles. The third-order valence-corrected chi connectivity index (χ3v) is 5.87. The molecule has 3 nitrogen and oxygen atoms in total. The summed E-state index contributed by atoms with van der Waals surface area (Å²) in [6.45, 7) is 8.27. The number of aromatic nitrogens is 1. The molecule has 27 heavy (non-hydrogen) atoms. The van der Waals surface area contributed by atoms with E-state index in [9.17, 15) is 0 Å². The number of benzene rings is 1. The smallest absolute Gasteiger partial charge is 0.127 e. The van der Waals surface area contributed by atoms with E-state index >= 15 is 0 Å². The summed E-state index contributed by atoms with van der Waals surface area (Å²) in [4.78, 5) is 7.33. The summed E-state index contributed by atoms with van der Waals surface area (Å²) in [7, 11) is 3.99. The Morgan fingerprint density at radius 2 is 1.81 bits per heavy atom. The van der Waals surface area contributed by atoms with Crippen LogP contribution in [0.25, 0.3) is 11.6 Å². The molecule has 1 fully saturated rings. The van der Waals surface area contributed by atoms with Gasteiger partial charge in [-0.25, -0.2) is 0 Å². The molecule has 4 rings (SSSR count). The van der Waals surface area contributed by atoms with Crippen molar-refractivity contribution in [1.82, 2.24) is 9.88 Å². The maximum Gasteiger partial charge on any atom is 0.127 e. The molecule has 2 aliphatic rings. The molecule has 0 radical (unpaired) electrons. The van der Waals surface area contributed by atoms with Crippen molar-refractivity contribution in [3.63, 3.8) is 0 Å². The Balaban J connectivity index is 2.00. The first-order valence-electron chi connectivity index (χ1n) is 9.81. The highest BCUT2D eigenvalue weighted by Gasteiger charge is 2.27. The molecule has 0 atom stereocenters. The van der Waals surface area contributed by atoms with Crippen LogP contribution in [0.15, 0.2) is 36.5 Å². The molecule has 1 aromatic heterocycles. The van der Waals surface area contributed by atoms with Gasteiger partial charge in [0, 0.05) is 30.4 Å². The molecule has 1 aliphatic heterocycles. The third-order valence-electron chi connectivity index (χ3n) is 5.87. The lowest BCUT2D eigenvalue weighted by atomic mass is 9.87. The normalized spacial score (nSPS) is 17.1. The number of likely N-dealkylation sites (tertiary alicyclic amines) is 1. The molecule has 0 spiro atoms. The number of rotatable bonds is 2. The number of fused-ring (bicyclic) bond motifs is 2. The van der Waals surface area contributed by atoms with Gasteiger partial charge >= 0.3 is 0 Å². The van der Waals surface area contributed by atoms with Crippen LogP contribution >= 0.6 is 0 Å². The first-order valence-corrected chi connectivity index (χ1v) is 9.81. The first kappa shape index (κ1) is 18.0. The van der Waals surface area contributed by atoms with Crippen molar-refractivity contribution in [3.05, 3.63) is 70.1 Å². The van der Waals surface area contributed by atoms with Crippen molar-refractivity contribution >= 4 is 11.6 Å². The quantitative estimate of drug-likeness (QED) is 0.778. The standard InChI is InChI=1S/C24H28N2O/c1-5-17-14-20-7-6-19-12-16(2)13-21(27-4)22(19)23(24(20)25-15-17)18-8-10-26(3)11-9-18/h5,12-15H,1,6-11H2,2-4H3. The van der Waals surface area contributed by atoms with Gasteiger partial charge in [0.15, 0.2) is 0 Å². The zero-order valence-corrected chi connectivity index (χ0v) is 16.6. The van der Waals surface area contributed by atoms with Gasteiger partial charge in [0.1, 0.15) is 5.75 Å². The summed E-state index contributed by atoms with van der Waals surface area (Å²) >= 11 is 0. The van der Waals surface area contributed by atoms with Gasteiger partial charge in [0.25, 0.3) is 0 Å². The number of piperidine rings is 1. The average Bonchev–Trinajstić information content (AvgIpc) is 2.84. The van der Waals surface area contributed by atoms with Crippen LogP contribution in [0.5, 0.6) is 5.75 Å². The lowest BCUT2D eigenvalue weighted by Crippen LogP contribution is -2.27. The second-order valence-corrected chi connectivity index (χ2v) is 7.76. The molecule has 0 unspecified atom stereocenters. The molecule has 3 heteroatoms. The Kier molecular flexibility index (Phi) is 4.88. The Bertz CT molecular complexity index is 916. The molecular formula is C24H28N2O. The summed E-state index contributed by atoms with van der Waals surface area (Å²) in [6, 6.07) is 6.75. The molecule has 0 saturated carbocycles. The SMILES string of the molecule is C=Cc1cnc2c(c1)CCc1cc(C)cc(OC)c1C2=C1CCN(C)CC1. The van der Waals surface area contributed by atoms with Crippen LogP contribution in [0.4, 0.5) is 0 Å². The van der Waals surface area contributed by atoms with E-state index < -0.39 is 0 Å². The van der Waals surface area contributed by atoms with Crippen LogP contribution < -0.4 is 4.74 Å². The van der Waals surface area contributed by atoms with Crippen molar-refractivity contribution in [2.24, 2.45) is 0 Å². The number of ether oxygens (including phenoxy) is 1. The van der Waals surface area contributed by atoms with Crippen LogP contribution in [0, 0.1) is 6.92 Å². The maximum atomic E-state index is 5.86. The average molecular weight is 361 g/mol. The fourth-order valence-corrected chi connectivity index (χ4v) is 4.39. The minimum Gasteiger partial charge on any atom is -0.496 e. The number of hydrogen-bond acceptors (Lipinski definition) is 3. The summed E-state index contributed by atoms with van der Waals surface area (Å²) in [6.07, 6.45) is 8.03. The van der Waals surface area contributed by atoms with Crippen LogP contribution in [-0.2, 0) is 12.8 Å². The predicted molar refractivity (Wildman–Crippen MR) is 112 cm³/mol. The summed E-state index contributed by atoms with van der Waals surface area (Å²) in [5.74, 6) is 0.980. The molecule has 1 aliphatic carbocycles. The first-order chi connectivity index (χ1) is 13.1. The summed E-state index contributed by atoms with van der Waals surface area (Å²) in [5, 5.41) is 0. The lowest BCUT2D eigenvalue weighted by molar-refractivity contribution is 0.313. The van der Waals surface area contributed by atoms with Gasteiger partial charge in [-0.05, 0) is 74.0 Å². The van der Waals surface area contributed by atoms with E-state index in [2.05, 4.69) is 43.6 Å². The van der Waals surface area contributed by atoms with Crippen LogP contribution in [0.2, 0.25) is 0 Å². The van der Waals surface area contributed by atoms with Gasteiger partial charge < -0.3 is 9.64 Å². The molecular weight excluding hydrogens is 332 g/mol. The topological polar surface area (TPSA) is 25.4 Å². The van der Waals surface area contributed by atoms with Crippen LogP contribution in [0.1, 0.15) is 46.4 Å². The number of hydrogen-bond donors (Lipinski definition) is 0.